The molecule has 0 saturated carbocycles. The number of nitrogens with zero attached hydrogens (tertiary/aromatic N) is 1. The summed E-state index contributed by atoms with van der Waals surface area (Å²) in [5, 5.41) is 1.01. The number of benzene rings is 1. The normalized spacial score (nSPS) is 20.0. The van der Waals surface area contributed by atoms with E-state index in [1.807, 2.05) is 6.07 Å². The molecule has 3 heteroatoms. The molecule has 0 saturated heterocycles. The van der Waals surface area contributed by atoms with E-state index in [1.54, 1.807) is 6.07 Å². The van der Waals surface area contributed by atoms with Gasteiger partial charge in [-0.25, -0.2) is 4.39 Å². The molecule has 0 radical (unpaired) electrons. The van der Waals surface area contributed by atoms with Crippen molar-refractivity contribution in [2.75, 3.05) is 6.54 Å². The fourth-order valence-electron chi connectivity index (χ4n) is 2.62. The Hall–Kier alpha value is -1.35. The van der Waals surface area contributed by atoms with Crippen LogP contribution < -0.4 is 5.73 Å². The van der Waals surface area contributed by atoms with Crippen LogP contribution in [0.3, 0.4) is 0 Å². The number of hydrogen-bond donors (Lipinski definition) is 1. The van der Waals surface area contributed by atoms with Gasteiger partial charge in [0.1, 0.15) is 5.82 Å². The third-order valence-corrected chi connectivity index (χ3v) is 3.53. The van der Waals surface area contributed by atoms with Crippen molar-refractivity contribution < 1.29 is 4.39 Å². The summed E-state index contributed by atoms with van der Waals surface area (Å²) >= 11 is 0. The molecule has 0 amide bonds. The lowest BCUT2D eigenvalue weighted by Crippen LogP contribution is -2.25. The summed E-state index contributed by atoms with van der Waals surface area (Å²) in [6, 6.07) is 7.11. The van der Waals surface area contributed by atoms with E-state index in [-0.39, 0.29) is 5.82 Å². The Balaban J connectivity index is 2.14. The Morgan fingerprint density at radius 3 is 3.06 bits per heavy atom. The van der Waals surface area contributed by atoms with E-state index in [4.69, 9.17) is 5.73 Å². The van der Waals surface area contributed by atoms with Crippen molar-refractivity contribution in [1.82, 2.24) is 4.57 Å². The number of nitrogens with two attached hydrogens (primary N) is 1. The third kappa shape index (κ3) is 1.43. The molecule has 16 heavy (non-hydrogen) atoms. The molecule has 0 spiro atoms. The van der Waals surface area contributed by atoms with Gasteiger partial charge >= 0.3 is 0 Å². The van der Waals surface area contributed by atoms with Gasteiger partial charge in [-0.1, -0.05) is 0 Å². The SMILES string of the molecule is NCC1CCc2cc3cc(F)ccc3n2C1. The highest BCUT2D eigenvalue weighted by molar-refractivity contribution is 5.81. The minimum absolute atomic E-state index is 0.161. The second kappa shape index (κ2) is 3.59. The summed E-state index contributed by atoms with van der Waals surface area (Å²) in [7, 11) is 0. The first-order valence-corrected chi connectivity index (χ1v) is 5.75. The summed E-state index contributed by atoms with van der Waals surface area (Å²) in [5.41, 5.74) is 8.17. The van der Waals surface area contributed by atoms with Crippen LogP contribution in [0.2, 0.25) is 0 Å². The van der Waals surface area contributed by atoms with E-state index in [9.17, 15) is 4.39 Å². The van der Waals surface area contributed by atoms with Crippen molar-refractivity contribution in [3.8, 4) is 0 Å². The van der Waals surface area contributed by atoms with Crippen LogP contribution in [0.25, 0.3) is 10.9 Å². The highest BCUT2D eigenvalue weighted by Crippen LogP contribution is 2.27. The van der Waals surface area contributed by atoms with Gasteiger partial charge in [-0.15, -0.1) is 0 Å². The van der Waals surface area contributed by atoms with Crippen LogP contribution in [0.15, 0.2) is 24.3 Å². The Morgan fingerprint density at radius 1 is 1.38 bits per heavy atom. The maximum Gasteiger partial charge on any atom is 0.123 e. The smallest absolute Gasteiger partial charge is 0.123 e. The molecule has 2 N–H and O–H groups in total. The second-order valence-corrected chi connectivity index (χ2v) is 4.59. The maximum absolute atomic E-state index is 13.1. The highest BCUT2D eigenvalue weighted by atomic mass is 19.1. The summed E-state index contributed by atoms with van der Waals surface area (Å²) < 4.78 is 15.4. The number of aromatic nitrogens is 1. The van der Waals surface area contributed by atoms with Crippen molar-refractivity contribution in [3.63, 3.8) is 0 Å². The minimum Gasteiger partial charge on any atom is -0.344 e. The van der Waals surface area contributed by atoms with Crippen LogP contribution >= 0.6 is 0 Å². The van der Waals surface area contributed by atoms with Crippen molar-refractivity contribution in [2.45, 2.75) is 19.4 Å². The summed E-state index contributed by atoms with van der Waals surface area (Å²) in [6.45, 7) is 1.71. The van der Waals surface area contributed by atoms with Gasteiger partial charge in [-0.05, 0) is 49.6 Å². The van der Waals surface area contributed by atoms with Gasteiger partial charge in [0.05, 0.1) is 0 Å². The average molecular weight is 218 g/mol. The molecule has 0 aliphatic carbocycles. The zero-order chi connectivity index (χ0) is 11.1. The van der Waals surface area contributed by atoms with Crippen LogP contribution in [0.1, 0.15) is 12.1 Å². The molecular weight excluding hydrogens is 203 g/mol. The summed E-state index contributed by atoms with van der Waals surface area (Å²) in [4.78, 5) is 0. The number of aryl methyl sites for hydroxylation is 1. The molecule has 2 aromatic rings. The average Bonchev–Trinajstić information content (AvgIpc) is 2.65. The van der Waals surface area contributed by atoms with E-state index in [0.29, 0.717) is 5.92 Å². The molecule has 1 atom stereocenters. The Bertz CT molecular complexity index is 530. The van der Waals surface area contributed by atoms with Gasteiger partial charge in [-0.3, -0.25) is 0 Å². The van der Waals surface area contributed by atoms with Crippen molar-refractivity contribution >= 4 is 10.9 Å². The van der Waals surface area contributed by atoms with Crippen molar-refractivity contribution in [2.24, 2.45) is 11.7 Å². The lowest BCUT2D eigenvalue weighted by atomic mass is 9.98. The van der Waals surface area contributed by atoms with Gasteiger partial charge in [0, 0.05) is 23.1 Å². The lowest BCUT2D eigenvalue weighted by molar-refractivity contribution is 0.385. The highest BCUT2D eigenvalue weighted by Gasteiger charge is 2.19. The first kappa shape index (κ1) is 9.85. The van der Waals surface area contributed by atoms with Gasteiger partial charge in [-0.2, -0.15) is 0 Å². The Kier molecular flexibility index (Phi) is 2.21. The van der Waals surface area contributed by atoms with E-state index >= 15 is 0 Å². The fourth-order valence-corrected chi connectivity index (χ4v) is 2.62. The van der Waals surface area contributed by atoms with E-state index in [2.05, 4.69) is 10.6 Å². The van der Waals surface area contributed by atoms with E-state index in [1.165, 1.54) is 11.8 Å². The molecule has 1 aromatic heterocycles. The topological polar surface area (TPSA) is 30.9 Å². The molecule has 0 fully saturated rings. The first-order chi connectivity index (χ1) is 7.78. The maximum atomic E-state index is 13.1. The van der Waals surface area contributed by atoms with Crippen LogP contribution in [0.4, 0.5) is 4.39 Å². The lowest BCUT2D eigenvalue weighted by Gasteiger charge is -2.24. The molecule has 1 aromatic carbocycles. The van der Waals surface area contributed by atoms with Crippen molar-refractivity contribution in [3.05, 3.63) is 35.8 Å². The third-order valence-electron chi connectivity index (χ3n) is 3.53. The quantitative estimate of drug-likeness (QED) is 0.782. The predicted octanol–water partition coefficient (Wildman–Crippen LogP) is 2.30. The van der Waals surface area contributed by atoms with Crippen LogP contribution in [-0.2, 0) is 13.0 Å². The molecule has 2 heterocycles. The van der Waals surface area contributed by atoms with Gasteiger partial charge in [0.15, 0.2) is 0 Å². The molecule has 84 valence electrons. The largest absolute Gasteiger partial charge is 0.344 e. The molecule has 0 bridgehead atoms. The fraction of sp³-hybridized carbons (Fsp3) is 0.385. The zero-order valence-electron chi connectivity index (χ0n) is 9.12. The zero-order valence-corrected chi connectivity index (χ0v) is 9.12. The number of hydrogen-bond acceptors (Lipinski definition) is 1. The molecular formula is C13H15FN2. The summed E-state index contributed by atoms with van der Waals surface area (Å²) in [5.74, 6) is 0.402. The van der Waals surface area contributed by atoms with Gasteiger partial charge in [0.25, 0.3) is 0 Å². The molecule has 1 unspecified atom stereocenters. The molecule has 1 aliphatic rings. The second-order valence-electron chi connectivity index (χ2n) is 4.59. The summed E-state index contributed by atoms with van der Waals surface area (Å²) in [6.07, 6.45) is 2.20. The number of fused-ring (bicyclic) bond motifs is 3. The van der Waals surface area contributed by atoms with E-state index < -0.39 is 0 Å². The van der Waals surface area contributed by atoms with Crippen LogP contribution in [-0.4, -0.2) is 11.1 Å². The Morgan fingerprint density at radius 2 is 2.25 bits per heavy atom. The number of halogens is 1. The van der Waals surface area contributed by atoms with Crippen LogP contribution in [0.5, 0.6) is 0 Å². The van der Waals surface area contributed by atoms with Gasteiger partial charge in [0.2, 0.25) is 0 Å². The first-order valence-electron chi connectivity index (χ1n) is 5.75. The molecule has 3 rings (SSSR count). The van der Waals surface area contributed by atoms with Crippen LogP contribution in [0, 0.1) is 11.7 Å². The molecule has 2 nitrogen and oxygen atoms in total. The van der Waals surface area contributed by atoms with Gasteiger partial charge < -0.3 is 10.3 Å². The monoisotopic (exact) mass is 218 g/mol. The minimum atomic E-state index is -0.161. The Labute approximate surface area is 93.9 Å². The molecule has 1 aliphatic heterocycles. The van der Waals surface area contributed by atoms with E-state index in [0.717, 1.165) is 36.8 Å². The van der Waals surface area contributed by atoms with Crippen molar-refractivity contribution in [1.29, 1.82) is 0 Å². The standard InChI is InChI=1S/C13H15FN2/c14-11-2-4-13-10(5-11)6-12-3-1-9(7-15)8-16(12)13/h2,4-6,9H,1,3,7-8,15H2. The number of rotatable bonds is 1. The predicted molar refractivity (Wildman–Crippen MR) is 62.8 cm³/mol.